The Morgan fingerprint density at radius 2 is 0.560 bits per heavy atom. The number of nitrogens with zero attached hydrogens (tertiary/aromatic N) is 9. The van der Waals surface area contributed by atoms with Gasteiger partial charge in [0.2, 0.25) is 0 Å². The molecule has 0 atom stereocenters. The van der Waals surface area contributed by atoms with E-state index in [1.807, 2.05) is 121 Å². The molecule has 6 N–H and O–H groups in total. The predicted molar refractivity (Wildman–Crippen MR) is 531 cm³/mol. The van der Waals surface area contributed by atoms with Crippen LogP contribution in [0.15, 0.2) is 296 Å². The van der Waals surface area contributed by atoms with E-state index in [9.17, 15) is 38.4 Å². The maximum atomic E-state index is 13.0. The third-order valence-electron chi connectivity index (χ3n) is 21.1. The first-order valence-corrected chi connectivity index (χ1v) is 45.5. The van der Waals surface area contributed by atoms with Crippen LogP contribution in [0.25, 0.3) is 0 Å². The highest BCUT2D eigenvalue weighted by Crippen LogP contribution is 2.28. The highest BCUT2D eigenvalue weighted by atomic mass is 35.5. The van der Waals surface area contributed by atoms with Crippen molar-refractivity contribution in [1.82, 2.24) is 45.5 Å². The lowest BCUT2D eigenvalue weighted by atomic mass is 9.97. The first-order valence-electron chi connectivity index (χ1n) is 42.4. The summed E-state index contributed by atoms with van der Waals surface area (Å²) >= 11 is 47.9. The van der Waals surface area contributed by atoms with Gasteiger partial charge in [-0.1, -0.05) is 220 Å². The Bertz CT molecular complexity index is 6160. The summed E-state index contributed by atoms with van der Waals surface area (Å²) in [4.78, 5) is 141. The molecule has 23 nitrogen and oxygen atoms in total. The summed E-state index contributed by atoms with van der Waals surface area (Å²) < 4.78 is 0. The van der Waals surface area contributed by atoms with E-state index in [0.717, 1.165) is 123 Å². The number of aromatic nitrogens is 7. The van der Waals surface area contributed by atoms with Gasteiger partial charge >= 0.3 is 0 Å². The summed E-state index contributed by atoms with van der Waals surface area (Å²) in [7, 11) is 0. The molecule has 134 heavy (non-hydrogen) atoms. The summed E-state index contributed by atoms with van der Waals surface area (Å²) in [5.41, 5.74) is 12.5. The monoisotopic (exact) mass is 1940 g/mol. The molecule has 0 saturated carbocycles. The number of amides is 4. The third kappa shape index (κ3) is 30.2. The highest BCUT2D eigenvalue weighted by Gasteiger charge is 2.24. The maximum Gasteiger partial charge on any atom is 0.257 e. The molecule has 4 amide bonds. The Morgan fingerprint density at radius 3 is 0.806 bits per heavy atom. The summed E-state index contributed by atoms with van der Waals surface area (Å²) in [6.07, 6.45) is 17.8. The van der Waals surface area contributed by atoms with Crippen LogP contribution in [0, 0.1) is 0 Å². The number of nitrogens with one attached hydrogen (secondary N) is 6. The number of pyridine rings is 5. The summed E-state index contributed by atoms with van der Waals surface area (Å²) in [6, 6.07) is 70.6. The van der Waals surface area contributed by atoms with Crippen molar-refractivity contribution in [1.29, 1.82) is 0 Å². The number of aryl methyl sites for hydroxylation is 6. The van der Waals surface area contributed by atoms with Gasteiger partial charge in [-0.25, -0.2) is 29.9 Å². The van der Waals surface area contributed by atoms with Crippen molar-refractivity contribution in [3.63, 3.8) is 0 Å². The molecule has 6 aromatic heterocycles. The fourth-order valence-electron chi connectivity index (χ4n) is 14.0. The smallest absolute Gasteiger partial charge is 0.257 e. The maximum absolute atomic E-state index is 13.0. The molecular formula is C103H85Cl8N15O8. The molecular weight excluding hydrogens is 1860 g/mol. The minimum atomic E-state index is -0.403. The van der Waals surface area contributed by atoms with Crippen molar-refractivity contribution in [2.75, 3.05) is 47.4 Å². The van der Waals surface area contributed by atoms with Crippen LogP contribution in [0.4, 0.5) is 23.3 Å². The Labute approximate surface area is 813 Å². The Morgan fingerprint density at radius 1 is 0.276 bits per heavy atom. The predicted octanol–water partition coefficient (Wildman–Crippen LogP) is 21.9. The van der Waals surface area contributed by atoms with Crippen LogP contribution in [0.1, 0.15) is 152 Å². The van der Waals surface area contributed by atoms with Gasteiger partial charge in [0, 0.05) is 165 Å². The number of amidine groups is 2. The zero-order valence-electron chi connectivity index (χ0n) is 71.8. The average Bonchev–Trinajstić information content (AvgIpc) is 1.11. The van der Waals surface area contributed by atoms with E-state index in [0.29, 0.717) is 130 Å². The molecule has 0 spiro atoms. The van der Waals surface area contributed by atoms with Gasteiger partial charge in [-0.3, -0.25) is 53.3 Å². The normalized spacial score (nSPS) is 11.7. The second-order valence-electron chi connectivity index (χ2n) is 30.7. The number of anilines is 4. The van der Waals surface area contributed by atoms with Crippen LogP contribution in [0.3, 0.4) is 0 Å². The standard InChI is InChI=1S/C27H21Cl2N3O2.C26H20Cl2N4O2.2C25H22Cl2N4O2/c28-21-10-9-20(24(16-21)27(34)32-26-13-11-22(29)17-31-26)15-25(33)19-7-4-18(5-8-19)6-12-23-3-1-2-14-30-23;27-20-7-6-19(23(14-20)26(34)32-25-10-8-21(28)15-30-25)13-24(33)18-4-1-17(2-5-18)3-9-22-11-12-29-16-31-22;2*26-19-7-6-18(21(14-19)25(33)31-24-10-8-20(27)15-30-24)13-22(32)17-4-1-16(2-5-17)3-9-23-28-11-12-29-23/h1-5,7-11,13-14,16-17H,6,12,15H2,(H,31,32,34);1-2,4-8,10-12,14-16H,3,9,13H2,(H,30,32,34);2*1-2,4-8,10,14-15H,3,9,11-13H2,(H,28,29)(H,30,31,33). The second-order valence-corrected chi connectivity index (χ2v) is 34.2. The molecule has 14 aromatic rings. The molecule has 16 rings (SSSR count). The van der Waals surface area contributed by atoms with E-state index in [2.05, 4.69) is 76.8 Å². The summed E-state index contributed by atoms with van der Waals surface area (Å²) in [6.45, 7) is 3.49. The lowest BCUT2D eigenvalue weighted by Gasteiger charge is -2.11. The van der Waals surface area contributed by atoms with Crippen molar-refractivity contribution in [3.8, 4) is 0 Å². The number of benzene rings is 8. The molecule has 0 saturated heterocycles. The second kappa shape index (κ2) is 49.2. The van der Waals surface area contributed by atoms with Crippen LogP contribution in [0.2, 0.25) is 40.2 Å². The molecule has 0 aliphatic carbocycles. The van der Waals surface area contributed by atoms with Crippen LogP contribution in [-0.2, 0) is 64.2 Å². The molecule has 31 heteroatoms. The summed E-state index contributed by atoms with van der Waals surface area (Å²) in [5.74, 6) is 1.57. The lowest BCUT2D eigenvalue weighted by Crippen LogP contribution is -2.18. The minimum Gasteiger partial charge on any atom is -0.372 e. The van der Waals surface area contributed by atoms with Gasteiger partial charge in [0.25, 0.3) is 23.6 Å². The van der Waals surface area contributed by atoms with Crippen molar-refractivity contribution >= 4 is 175 Å². The first kappa shape index (κ1) is 97.9. The van der Waals surface area contributed by atoms with Gasteiger partial charge in [-0.15, -0.1) is 0 Å². The van der Waals surface area contributed by atoms with E-state index < -0.39 is 23.6 Å². The Balaban J connectivity index is 0.000000152. The van der Waals surface area contributed by atoms with Crippen LogP contribution in [-0.4, -0.2) is 119 Å². The number of hydrogen-bond donors (Lipinski definition) is 6. The van der Waals surface area contributed by atoms with Gasteiger partial charge in [0.1, 0.15) is 29.6 Å². The molecule has 0 radical (unpaired) electrons. The molecule has 2 aliphatic heterocycles. The van der Waals surface area contributed by atoms with Crippen LogP contribution < -0.4 is 31.9 Å². The van der Waals surface area contributed by atoms with Crippen molar-refractivity contribution in [2.24, 2.45) is 9.98 Å². The molecule has 0 unspecified atom stereocenters. The van der Waals surface area contributed by atoms with Crippen molar-refractivity contribution < 1.29 is 38.4 Å². The van der Waals surface area contributed by atoms with Crippen LogP contribution >= 0.6 is 92.8 Å². The molecule has 2 aliphatic rings. The minimum absolute atomic E-state index is 0.0637. The van der Waals surface area contributed by atoms with Crippen LogP contribution in [0.5, 0.6) is 0 Å². The fraction of sp³-hybridized carbons (Fsp3) is 0.155. The number of ketones is 4. The number of hydrogen-bond acceptors (Lipinski definition) is 19. The number of halogens is 8. The number of carbonyl (C=O) groups excluding carboxylic acids is 8. The Kier molecular flexibility index (Phi) is 36.0. The number of aliphatic imine (C=N–C) groups is 2. The van der Waals surface area contributed by atoms with Crippen molar-refractivity contribution in [3.05, 3.63) is 427 Å². The van der Waals surface area contributed by atoms with Gasteiger partial charge in [0.05, 0.1) is 44.9 Å². The first-order chi connectivity index (χ1) is 64.9. The number of carbonyl (C=O) groups is 8. The van der Waals surface area contributed by atoms with E-state index in [1.165, 1.54) is 31.1 Å². The van der Waals surface area contributed by atoms with E-state index >= 15 is 0 Å². The largest absolute Gasteiger partial charge is 0.372 e. The van der Waals surface area contributed by atoms with E-state index in [-0.39, 0.29) is 48.8 Å². The van der Waals surface area contributed by atoms with Gasteiger partial charge in [0.15, 0.2) is 23.1 Å². The average molecular weight is 1940 g/mol. The van der Waals surface area contributed by atoms with Gasteiger partial charge in [-0.05, 0) is 198 Å². The molecule has 8 aromatic carbocycles. The topological polar surface area (TPSA) is 324 Å². The third-order valence-corrected chi connectivity index (χ3v) is 23.0. The number of Topliss-reactive ketones (excluding diaryl/α,β-unsaturated/α-hetero) is 4. The van der Waals surface area contributed by atoms with E-state index in [4.69, 9.17) is 92.8 Å². The molecule has 676 valence electrons. The van der Waals surface area contributed by atoms with Crippen molar-refractivity contribution in [2.45, 2.75) is 77.0 Å². The molecule has 0 fully saturated rings. The number of rotatable bonds is 32. The lowest BCUT2D eigenvalue weighted by molar-refractivity contribution is 0.0980. The Hall–Kier alpha value is -13.6. The summed E-state index contributed by atoms with van der Waals surface area (Å²) in [5, 5.41) is 20.9. The quantitative estimate of drug-likeness (QED) is 0.0213. The SMILES string of the molecule is O=C(Cc1ccc(Cl)cc1C(=O)Nc1ccc(Cl)cn1)c1ccc(CCC2=NCCN2)cc1.O=C(Cc1ccc(Cl)cc1C(=O)Nc1ccc(Cl)cn1)c1ccc(CCC2=NCCN2)cc1.O=C(Cc1ccc(Cl)cc1C(=O)Nc1ccc(Cl)cn1)c1ccc(CCc2ccccn2)cc1.O=C(Cc1ccc(Cl)cc1C(=O)Nc1ccc(Cl)cn1)c1ccc(CCc2ccncn2)cc1. The fourth-order valence-corrected chi connectivity index (χ4v) is 15.2. The molecule has 8 heterocycles. The molecule has 0 bridgehead atoms. The van der Waals surface area contributed by atoms with Gasteiger partial charge < -0.3 is 31.9 Å². The van der Waals surface area contributed by atoms with E-state index in [1.54, 1.807) is 134 Å². The highest BCUT2D eigenvalue weighted by molar-refractivity contribution is 6.33. The zero-order chi connectivity index (χ0) is 94.2. The van der Waals surface area contributed by atoms with Gasteiger partial charge in [-0.2, -0.15) is 0 Å². The zero-order valence-corrected chi connectivity index (χ0v) is 77.8.